The molecule has 0 bridgehead atoms. The summed E-state index contributed by atoms with van der Waals surface area (Å²) in [5, 5.41) is 0.750. The largest absolute Gasteiger partial charge is 0.460 e. The first kappa shape index (κ1) is 11.5. The molecule has 1 atom stereocenters. The summed E-state index contributed by atoms with van der Waals surface area (Å²) in [5.74, 6) is 0.794. The molecule has 0 saturated heterocycles. The van der Waals surface area contributed by atoms with E-state index in [9.17, 15) is 0 Å². The zero-order valence-corrected chi connectivity index (χ0v) is 10.9. The molecule has 5 heteroatoms. The molecule has 0 amide bonds. The van der Waals surface area contributed by atoms with Gasteiger partial charge >= 0.3 is 0 Å². The third-order valence-electron chi connectivity index (χ3n) is 2.82. The van der Waals surface area contributed by atoms with E-state index in [2.05, 4.69) is 9.97 Å². The van der Waals surface area contributed by atoms with Crippen molar-refractivity contribution in [3.05, 3.63) is 36.0 Å². The molecule has 0 fully saturated rings. The Balaban J connectivity index is 2.22. The summed E-state index contributed by atoms with van der Waals surface area (Å²) < 4.78 is 11.1. The molecule has 1 aliphatic heterocycles. The molecule has 0 N–H and O–H groups in total. The number of benzene rings is 1. The van der Waals surface area contributed by atoms with Gasteiger partial charge in [0.2, 0.25) is 6.29 Å². The number of para-hydroxylation sites is 1. The quantitative estimate of drug-likeness (QED) is 0.613. The number of nitrogens with zero attached hydrogens (tertiary/aromatic N) is 2. The lowest BCUT2D eigenvalue weighted by Gasteiger charge is -2.26. The van der Waals surface area contributed by atoms with Gasteiger partial charge in [0, 0.05) is 18.9 Å². The van der Waals surface area contributed by atoms with Crippen molar-refractivity contribution in [3.63, 3.8) is 0 Å². The van der Waals surface area contributed by atoms with Crippen molar-refractivity contribution >= 4 is 11.8 Å². The van der Waals surface area contributed by atoms with Crippen LogP contribution in [0.4, 0.5) is 0 Å². The van der Waals surface area contributed by atoms with Crippen LogP contribution in [0.15, 0.2) is 35.6 Å². The Morgan fingerprint density at radius 3 is 2.94 bits per heavy atom. The number of methoxy groups -OCH3 is 1. The van der Waals surface area contributed by atoms with Gasteiger partial charge in [-0.05, 0) is 18.4 Å². The average molecular weight is 260 g/mol. The molecular formula is C13H12N2O2S. The van der Waals surface area contributed by atoms with Crippen molar-refractivity contribution in [2.45, 2.75) is 11.4 Å². The molecule has 2 aromatic rings. The zero-order chi connectivity index (χ0) is 12.5. The van der Waals surface area contributed by atoms with Crippen LogP contribution in [0.1, 0.15) is 11.9 Å². The van der Waals surface area contributed by atoms with Crippen LogP contribution < -0.4 is 4.74 Å². The second kappa shape index (κ2) is 4.59. The fourth-order valence-corrected chi connectivity index (χ4v) is 2.32. The molecule has 2 heterocycles. The van der Waals surface area contributed by atoms with Crippen molar-refractivity contribution in [2.75, 3.05) is 13.4 Å². The van der Waals surface area contributed by atoms with E-state index in [1.165, 1.54) is 11.8 Å². The number of fused-ring (bicyclic) bond motifs is 3. The van der Waals surface area contributed by atoms with E-state index in [1.54, 1.807) is 13.3 Å². The van der Waals surface area contributed by atoms with Crippen molar-refractivity contribution in [1.82, 2.24) is 9.97 Å². The standard InChI is InChI=1S/C13H12N2O2S/c1-16-12-9-7-14-13(18-2)15-11(9)8-5-3-4-6-10(8)17-12/h3-7,12H,1-2H3. The van der Waals surface area contributed by atoms with E-state index in [4.69, 9.17) is 9.47 Å². The Labute approximate surface area is 109 Å². The second-order valence-corrected chi connectivity index (χ2v) is 4.62. The maximum atomic E-state index is 5.77. The van der Waals surface area contributed by atoms with Gasteiger partial charge in [0.05, 0.1) is 11.3 Å². The summed E-state index contributed by atoms with van der Waals surface area (Å²) >= 11 is 1.52. The average Bonchev–Trinajstić information content (AvgIpc) is 2.45. The first-order valence-electron chi connectivity index (χ1n) is 5.53. The number of thioether (sulfide) groups is 1. The number of hydrogen-bond acceptors (Lipinski definition) is 5. The van der Waals surface area contributed by atoms with Gasteiger partial charge < -0.3 is 9.47 Å². The van der Waals surface area contributed by atoms with Gasteiger partial charge in [-0.1, -0.05) is 23.9 Å². The van der Waals surface area contributed by atoms with E-state index < -0.39 is 6.29 Å². The molecule has 0 saturated carbocycles. The van der Waals surface area contributed by atoms with Crippen LogP contribution in [0, 0.1) is 0 Å². The lowest BCUT2D eigenvalue weighted by Crippen LogP contribution is -2.17. The highest BCUT2D eigenvalue weighted by atomic mass is 32.2. The summed E-state index contributed by atoms with van der Waals surface area (Å²) in [4.78, 5) is 8.84. The predicted octanol–water partition coefficient (Wildman–Crippen LogP) is 2.90. The normalized spacial score (nSPS) is 16.7. The third kappa shape index (κ3) is 1.76. The highest BCUT2D eigenvalue weighted by molar-refractivity contribution is 7.98. The Bertz CT molecular complexity index is 589. The minimum atomic E-state index is -0.439. The molecule has 1 aliphatic rings. The third-order valence-corrected chi connectivity index (χ3v) is 3.38. The number of ether oxygens (including phenoxy) is 2. The van der Waals surface area contributed by atoms with Crippen LogP contribution in [-0.4, -0.2) is 23.3 Å². The lowest BCUT2D eigenvalue weighted by atomic mass is 10.0. The Morgan fingerprint density at radius 2 is 2.17 bits per heavy atom. The summed E-state index contributed by atoms with van der Waals surface area (Å²) in [6.07, 6.45) is 3.30. The molecule has 4 nitrogen and oxygen atoms in total. The molecule has 18 heavy (non-hydrogen) atoms. The Morgan fingerprint density at radius 1 is 1.33 bits per heavy atom. The van der Waals surface area contributed by atoms with Crippen LogP contribution in [-0.2, 0) is 4.74 Å². The summed E-state index contributed by atoms with van der Waals surface area (Å²) in [7, 11) is 1.62. The molecule has 0 spiro atoms. The van der Waals surface area contributed by atoms with Crippen LogP contribution in [0.2, 0.25) is 0 Å². The Kier molecular flexibility index (Phi) is 2.93. The van der Waals surface area contributed by atoms with Crippen molar-refractivity contribution in [2.24, 2.45) is 0 Å². The maximum Gasteiger partial charge on any atom is 0.230 e. The molecule has 0 aliphatic carbocycles. The van der Waals surface area contributed by atoms with E-state index in [0.29, 0.717) is 0 Å². The van der Waals surface area contributed by atoms with Gasteiger partial charge in [0.25, 0.3) is 0 Å². The van der Waals surface area contributed by atoms with Crippen LogP contribution in [0.5, 0.6) is 5.75 Å². The fourth-order valence-electron chi connectivity index (χ4n) is 1.98. The van der Waals surface area contributed by atoms with Crippen LogP contribution in [0.25, 0.3) is 11.3 Å². The van der Waals surface area contributed by atoms with E-state index in [-0.39, 0.29) is 0 Å². The van der Waals surface area contributed by atoms with Crippen LogP contribution in [0.3, 0.4) is 0 Å². The highest BCUT2D eigenvalue weighted by Crippen LogP contribution is 2.41. The second-order valence-electron chi connectivity index (χ2n) is 3.84. The van der Waals surface area contributed by atoms with Gasteiger partial charge in [-0.3, -0.25) is 0 Å². The lowest BCUT2D eigenvalue weighted by molar-refractivity contribution is -0.0584. The number of hydrogen-bond donors (Lipinski definition) is 0. The van der Waals surface area contributed by atoms with Crippen molar-refractivity contribution < 1.29 is 9.47 Å². The first-order valence-corrected chi connectivity index (χ1v) is 6.75. The molecule has 1 aromatic carbocycles. The van der Waals surface area contributed by atoms with E-state index in [1.807, 2.05) is 30.5 Å². The predicted molar refractivity (Wildman–Crippen MR) is 69.6 cm³/mol. The Hall–Kier alpha value is -1.59. The molecule has 3 rings (SSSR count). The molecular weight excluding hydrogens is 248 g/mol. The van der Waals surface area contributed by atoms with Gasteiger partial charge in [-0.15, -0.1) is 0 Å². The highest BCUT2D eigenvalue weighted by Gasteiger charge is 2.27. The zero-order valence-electron chi connectivity index (χ0n) is 10.1. The monoisotopic (exact) mass is 260 g/mol. The van der Waals surface area contributed by atoms with Gasteiger partial charge in [0.1, 0.15) is 5.75 Å². The van der Waals surface area contributed by atoms with Crippen molar-refractivity contribution in [3.8, 4) is 17.0 Å². The summed E-state index contributed by atoms with van der Waals surface area (Å²) in [6, 6.07) is 7.83. The summed E-state index contributed by atoms with van der Waals surface area (Å²) in [6.45, 7) is 0. The molecule has 92 valence electrons. The molecule has 1 aromatic heterocycles. The number of aromatic nitrogens is 2. The van der Waals surface area contributed by atoms with E-state index >= 15 is 0 Å². The van der Waals surface area contributed by atoms with E-state index in [0.717, 1.165) is 27.7 Å². The SMILES string of the molecule is COC1Oc2ccccc2-c2nc(SC)ncc21. The minimum absolute atomic E-state index is 0.439. The number of rotatable bonds is 2. The topological polar surface area (TPSA) is 44.2 Å². The molecule has 0 radical (unpaired) electrons. The minimum Gasteiger partial charge on any atom is -0.460 e. The maximum absolute atomic E-state index is 5.77. The smallest absolute Gasteiger partial charge is 0.230 e. The van der Waals surface area contributed by atoms with Gasteiger partial charge in [0.15, 0.2) is 5.16 Å². The van der Waals surface area contributed by atoms with Crippen molar-refractivity contribution in [1.29, 1.82) is 0 Å². The first-order chi connectivity index (χ1) is 8.83. The van der Waals surface area contributed by atoms with Gasteiger partial charge in [-0.2, -0.15) is 0 Å². The molecule has 1 unspecified atom stereocenters. The fraction of sp³-hybridized carbons (Fsp3) is 0.231. The summed E-state index contributed by atoms with van der Waals surface area (Å²) in [5.41, 5.74) is 2.75. The van der Waals surface area contributed by atoms with Gasteiger partial charge in [-0.25, -0.2) is 9.97 Å². The van der Waals surface area contributed by atoms with Crippen LogP contribution >= 0.6 is 11.8 Å².